The molecular formula is C17H15ClN2O. The molecular weight excluding hydrogens is 284 g/mol. The molecule has 0 spiro atoms. The third kappa shape index (κ3) is 3.44. The van der Waals surface area contributed by atoms with E-state index in [-0.39, 0.29) is 0 Å². The van der Waals surface area contributed by atoms with Crippen molar-refractivity contribution in [2.24, 2.45) is 0 Å². The van der Waals surface area contributed by atoms with Gasteiger partial charge in [0.15, 0.2) is 0 Å². The predicted octanol–water partition coefficient (Wildman–Crippen LogP) is 4.35. The number of para-hydroxylation sites is 1. The quantitative estimate of drug-likeness (QED) is 0.760. The van der Waals surface area contributed by atoms with Crippen LogP contribution in [0, 0.1) is 0 Å². The molecule has 0 amide bonds. The zero-order chi connectivity index (χ0) is 14.5. The lowest BCUT2D eigenvalue weighted by Gasteiger charge is -2.10. The summed E-state index contributed by atoms with van der Waals surface area (Å²) < 4.78 is 5.91. The van der Waals surface area contributed by atoms with Crippen molar-refractivity contribution in [1.82, 2.24) is 9.97 Å². The van der Waals surface area contributed by atoms with Crippen LogP contribution in [-0.2, 0) is 6.42 Å². The second-order valence-corrected chi connectivity index (χ2v) is 5.12. The van der Waals surface area contributed by atoms with Crippen LogP contribution in [0.15, 0.2) is 61.1 Å². The van der Waals surface area contributed by atoms with Crippen LogP contribution in [0.1, 0.15) is 5.56 Å². The molecule has 0 fully saturated rings. The van der Waals surface area contributed by atoms with Gasteiger partial charge in [-0.2, -0.15) is 0 Å². The van der Waals surface area contributed by atoms with Crippen LogP contribution in [0.4, 0.5) is 0 Å². The van der Waals surface area contributed by atoms with Crippen molar-refractivity contribution in [3.8, 4) is 17.0 Å². The number of aromatic amines is 1. The fourth-order valence-corrected chi connectivity index (χ4v) is 2.27. The lowest BCUT2D eigenvalue weighted by atomic mass is 10.1. The SMILES string of the molecule is Clc1ccc(CCOc2ccccc2-c2cnc[nH]2)cc1. The maximum absolute atomic E-state index is 5.91. The van der Waals surface area contributed by atoms with Crippen molar-refractivity contribution < 1.29 is 4.74 Å². The van der Waals surface area contributed by atoms with Crippen LogP contribution in [0.3, 0.4) is 0 Å². The highest BCUT2D eigenvalue weighted by molar-refractivity contribution is 6.30. The van der Waals surface area contributed by atoms with E-state index < -0.39 is 0 Å². The van der Waals surface area contributed by atoms with Crippen molar-refractivity contribution in [3.63, 3.8) is 0 Å². The maximum Gasteiger partial charge on any atom is 0.128 e. The number of nitrogens with zero attached hydrogens (tertiary/aromatic N) is 1. The van der Waals surface area contributed by atoms with E-state index in [0.717, 1.165) is 28.5 Å². The summed E-state index contributed by atoms with van der Waals surface area (Å²) in [6.07, 6.45) is 4.30. The maximum atomic E-state index is 5.91. The van der Waals surface area contributed by atoms with Gasteiger partial charge in [-0.25, -0.2) is 4.98 Å². The zero-order valence-corrected chi connectivity index (χ0v) is 12.2. The Kier molecular flexibility index (Phi) is 4.22. The molecule has 2 aromatic carbocycles. The van der Waals surface area contributed by atoms with Gasteiger partial charge in [0.1, 0.15) is 5.75 Å². The first kappa shape index (κ1) is 13.7. The predicted molar refractivity (Wildman–Crippen MR) is 84.7 cm³/mol. The number of rotatable bonds is 5. The van der Waals surface area contributed by atoms with Gasteiger partial charge in [0.25, 0.3) is 0 Å². The third-order valence-corrected chi connectivity index (χ3v) is 3.49. The number of aromatic nitrogens is 2. The smallest absolute Gasteiger partial charge is 0.128 e. The summed E-state index contributed by atoms with van der Waals surface area (Å²) in [5.74, 6) is 0.857. The summed E-state index contributed by atoms with van der Waals surface area (Å²) in [5, 5.41) is 0.754. The molecule has 1 heterocycles. The van der Waals surface area contributed by atoms with Gasteiger partial charge in [-0.1, -0.05) is 35.9 Å². The van der Waals surface area contributed by atoms with E-state index in [4.69, 9.17) is 16.3 Å². The number of H-pyrrole nitrogens is 1. The molecule has 4 heteroatoms. The fraction of sp³-hybridized carbons (Fsp3) is 0.118. The summed E-state index contributed by atoms with van der Waals surface area (Å²) >= 11 is 5.88. The lowest BCUT2D eigenvalue weighted by Crippen LogP contribution is -2.02. The standard InChI is InChI=1S/C17H15ClN2O/c18-14-7-5-13(6-8-14)9-10-21-17-4-2-1-3-15(17)16-11-19-12-20-16/h1-8,11-12H,9-10H2,(H,19,20). The van der Waals surface area contributed by atoms with E-state index in [9.17, 15) is 0 Å². The Morgan fingerprint density at radius 2 is 1.86 bits per heavy atom. The number of imidazole rings is 1. The highest BCUT2D eigenvalue weighted by Gasteiger charge is 2.06. The van der Waals surface area contributed by atoms with Crippen LogP contribution in [0.2, 0.25) is 5.02 Å². The Labute approximate surface area is 128 Å². The summed E-state index contributed by atoms with van der Waals surface area (Å²) in [5.41, 5.74) is 3.18. The molecule has 3 rings (SSSR count). The van der Waals surface area contributed by atoms with E-state index in [1.165, 1.54) is 5.56 Å². The average molecular weight is 299 g/mol. The molecule has 0 radical (unpaired) electrons. The zero-order valence-electron chi connectivity index (χ0n) is 11.4. The van der Waals surface area contributed by atoms with E-state index in [1.807, 2.05) is 48.5 Å². The molecule has 0 unspecified atom stereocenters. The van der Waals surface area contributed by atoms with Gasteiger partial charge in [0.2, 0.25) is 0 Å². The Morgan fingerprint density at radius 1 is 1.05 bits per heavy atom. The van der Waals surface area contributed by atoms with Gasteiger partial charge in [-0.3, -0.25) is 0 Å². The molecule has 106 valence electrons. The van der Waals surface area contributed by atoms with Gasteiger partial charge >= 0.3 is 0 Å². The van der Waals surface area contributed by atoms with E-state index in [1.54, 1.807) is 12.5 Å². The number of nitrogens with one attached hydrogen (secondary N) is 1. The first-order valence-corrected chi connectivity index (χ1v) is 7.16. The Morgan fingerprint density at radius 3 is 2.62 bits per heavy atom. The summed E-state index contributed by atoms with van der Waals surface area (Å²) in [4.78, 5) is 7.15. The highest BCUT2D eigenvalue weighted by atomic mass is 35.5. The van der Waals surface area contributed by atoms with Gasteiger partial charge in [-0.05, 0) is 29.8 Å². The normalized spacial score (nSPS) is 10.5. The average Bonchev–Trinajstić information content (AvgIpc) is 3.04. The fourth-order valence-electron chi connectivity index (χ4n) is 2.15. The summed E-state index contributed by atoms with van der Waals surface area (Å²) in [7, 11) is 0. The van der Waals surface area contributed by atoms with Crippen molar-refractivity contribution in [3.05, 3.63) is 71.6 Å². The number of benzene rings is 2. The minimum atomic E-state index is 0.618. The van der Waals surface area contributed by atoms with Crippen LogP contribution in [0.5, 0.6) is 5.75 Å². The second-order valence-electron chi connectivity index (χ2n) is 4.69. The molecule has 1 N–H and O–H groups in total. The number of hydrogen-bond donors (Lipinski definition) is 1. The van der Waals surface area contributed by atoms with Crippen LogP contribution < -0.4 is 4.74 Å². The number of halogens is 1. The molecule has 0 aliphatic carbocycles. The Hall–Kier alpha value is -2.26. The number of hydrogen-bond acceptors (Lipinski definition) is 2. The first-order valence-electron chi connectivity index (χ1n) is 6.78. The molecule has 0 aliphatic rings. The van der Waals surface area contributed by atoms with Gasteiger partial charge in [0, 0.05) is 17.0 Å². The largest absolute Gasteiger partial charge is 0.493 e. The van der Waals surface area contributed by atoms with Crippen molar-refractivity contribution >= 4 is 11.6 Å². The topological polar surface area (TPSA) is 37.9 Å². The van der Waals surface area contributed by atoms with Gasteiger partial charge in [0.05, 0.1) is 24.8 Å². The van der Waals surface area contributed by atoms with E-state index in [0.29, 0.717) is 6.61 Å². The first-order chi connectivity index (χ1) is 10.3. The Bertz CT molecular complexity index is 693. The molecule has 0 bridgehead atoms. The van der Waals surface area contributed by atoms with Crippen LogP contribution in [0.25, 0.3) is 11.3 Å². The molecule has 0 aliphatic heterocycles. The minimum Gasteiger partial charge on any atom is -0.493 e. The van der Waals surface area contributed by atoms with Gasteiger partial charge < -0.3 is 9.72 Å². The van der Waals surface area contributed by atoms with Gasteiger partial charge in [-0.15, -0.1) is 0 Å². The molecule has 21 heavy (non-hydrogen) atoms. The minimum absolute atomic E-state index is 0.618. The van der Waals surface area contributed by atoms with Crippen molar-refractivity contribution in [2.45, 2.75) is 6.42 Å². The molecule has 3 nitrogen and oxygen atoms in total. The lowest BCUT2D eigenvalue weighted by molar-refractivity contribution is 0.323. The molecule has 1 aromatic heterocycles. The highest BCUT2D eigenvalue weighted by Crippen LogP contribution is 2.27. The van der Waals surface area contributed by atoms with Crippen molar-refractivity contribution in [1.29, 1.82) is 0 Å². The number of ether oxygens (including phenoxy) is 1. The molecule has 0 saturated carbocycles. The van der Waals surface area contributed by atoms with Crippen LogP contribution in [-0.4, -0.2) is 16.6 Å². The molecule has 0 saturated heterocycles. The van der Waals surface area contributed by atoms with E-state index >= 15 is 0 Å². The monoisotopic (exact) mass is 298 g/mol. The molecule has 3 aromatic rings. The van der Waals surface area contributed by atoms with Crippen molar-refractivity contribution in [2.75, 3.05) is 6.61 Å². The van der Waals surface area contributed by atoms with E-state index in [2.05, 4.69) is 9.97 Å². The third-order valence-electron chi connectivity index (χ3n) is 3.24. The Balaban J connectivity index is 1.67. The summed E-state index contributed by atoms with van der Waals surface area (Å²) in [6.45, 7) is 0.618. The second kappa shape index (κ2) is 6.46. The summed E-state index contributed by atoms with van der Waals surface area (Å²) in [6, 6.07) is 15.8. The van der Waals surface area contributed by atoms with Crippen LogP contribution >= 0.6 is 11.6 Å². The molecule has 0 atom stereocenters.